The van der Waals surface area contributed by atoms with Crippen LogP contribution in [0.3, 0.4) is 0 Å². The summed E-state index contributed by atoms with van der Waals surface area (Å²) >= 11 is 0. The molecule has 9 heteroatoms. The van der Waals surface area contributed by atoms with Gasteiger partial charge >= 0.3 is 7.25 Å². The minimum atomic E-state index is -6.00. The van der Waals surface area contributed by atoms with E-state index in [-0.39, 0.29) is 0 Å². The number of aromatic nitrogens is 3. The van der Waals surface area contributed by atoms with Crippen molar-refractivity contribution < 1.29 is 21.8 Å². The summed E-state index contributed by atoms with van der Waals surface area (Å²) in [5.74, 6) is 0.629. The Labute approximate surface area is 129 Å². The summed E-state index contributed by atoms with van der Waals surface area (Å²) in [4.78, 5) is 11.9. The Kier molecular flexibility index (Phi) is 5.10. The van der Waals surface area contributed by atoms with E-state index in [2.05, 4.69) is 15.0 Å². The molecule has 0 saturated carbocycles. The maximum Gasteiger partial charge on any atom is 0.673 e. The highest BCUT2D eigenvalue weighted by Crippen LogP contribution is 2.15. The predicted molar refractivity (Wildman–Crippen MR) is 81.2 cm³/mol. The Morgan fingerprint density at radius 1 is 1.09 bits per heavy atom. The largest absolute Gasteiger partial charge is 0.673 e. The minimum Gasteiger partial charge on any atom is -0.418 e. The number of hydrogen-bond acceptors (Lipinski definition) is 2. The smallest absolute Gasteiger partial charge is 0.418 e. The van der Waals surface area contributed by atoms with Crippen LogP contribution in [0.15, 0.2) is 53.8 Å². The Morgan fingerprint density at radius 2 is 1.70 bits per heavy atom. The van der Waals surface area contributed by atoms with Gasteiger partial charge in [0.2, 0.25) is 5.95 Å². The molecule has 3 rings (SSSR count). The van der Waals surface area contributed by atoms with Gasteiger partial charge in [0.15, 0.2) is 12.4 Å². The number of nitrogens with zero attached hydrogens (tertiary/aromatic N) is 3. The molecule has 0 aliphatic carbocycles. The molecule has 0 aliphatic rings. The molecule has 0 aliphatic heterocycles. The molecular weight excluding hydrogens is 311 g/mol. The Bertz CT molecular complexity index is 757. The second-order valence-electron chi connectivity index (χ2n) is 4.63. The summed E-state index contributed by atoms with van der Waals surface area (Å²) in [6, 6.07) is 11.9. The van der Waals surface area contributed by atoms with Crippen molar-refractivity contribution in [2.24, 2.45) is 12.0 Å². The number of aliphatic imine (C=N–C) groups is 1. The van der Waals surface area contributed by atoms with E-state index >= 15 is 0 Å². The normalized spacial score (nSPS) is 11.5. The average molecular weight is 324 g/mol. The number of pyridine rings is 1. The molecule has 0 radical (unpaired) electrons. The number of para-hydroxylation sites is 2. The number of H-pyrrole nitrogens is 1. The monoisotopic (exact) mass is 324 g/mol. The fourth-order valence-electron chi connectivity index (χ4n) is 1.73. The molecule has 4 nitrogen and oxygen atoms in total. The van der Waals surface area contributed by atoms with Crippen LogP contribution < -0.4 is 4.57 Å². The first-order chi connectivity index (χ1) is 10.8. The average Bonchev–Trinajstić information content (AvgIpc) is 2.88. The highest BCUT2D eigenvalue weighted by molar-refractivity contribution is 6.50. The van der Waals surface area contributed by atoms with Crippen molar-refractivity contribution in [3.63, 3.8) is 0 Å². The van der Waals surface area contributed by atoms with Crippen molar-refractivity contribution in [1.82, 2.24) is 9.97 Å². The van der Waals surface area contributed by atoms with Crippen LogP contribution in [0.4, 0.5) is 23.2 Å². The van der Waals surface area contributed by atoms with Crippen LogP contribution in [-0.2, 0) is 7.05 Å². The lowest BCUT2D eigenvalue weighted by atomic mass is 10.3. The Hall–Kier alpha value is -2.71. The van der Waals surface area contributed by atoms with Crippen LogP contribution in [0, 0.1) is 0 Å². The lowest BCUT2D eigenvalue weighted by Gasteiger charge is -1.94. The molecule has 2 heterocycles. The molecule has 0 fully saturated rings. The number of hydrogen-bond donors (Lipinski definition) is 1. The SMILES string of the molecule is C[n+]1ccc(/C=N/c2nc3ccccc3[nH]2)cc1.F[B-](F)(F)F. The van der Waals surface area contributed by atoms with Gasteiger partial charge in [-0.15, -0.1) is 0 Å². The van der Waals surface area contributed by atoms with E-state index in [4.69, 9.17) is 0 Å². The molecule has 120 valence electrons. The number of aromatic amines is 1. The summed E-state index contributed by atoms with van der Waals surface area (Å²) in [7, 11) is -4.01. The van der Waals surface area contributed by atoms with Crippen molar-refractivity contribution in [3.05, 3.63) is 54.4 Å². The summed E-state index contributed by atoms with van der Waals surface area (Å²) in [5.41, 5.74) is 2.99. The number of halogens is 4. The quantitative estimate of drug-likeness (QED) is 0.334. The van der Waals surface area contributed by atoms with Gasteiger partial charge in [-0.2, -0.15) is 0 Å². The fraction of sp³-hybridized carbons (Fsp3) is 0.0714. The number of fused-ring (bicyclic) bond motifs is 1. The Morgan fingerprint density at radius 3 is 2.30 bits per heavy atom. The van der Waals surface area contributed by atoms with Gasteiger partial charge in [0.25, 0.3) is 0 Å². The molecule has 0 amide bonds. The van der Waals surface area contributed by atoms with Gasteiger partial charge in [-0.25, -0.2) is 14.5 Å². The van der Waals surface area contributed by atoms with E-state index in [0.717, 1.165) is 16.6 Å². The molecule has 0 spiro atoms. The van der Waals surface area contributed by atoms with Crippen molar-refractivity contribution >= 4 is 30.5 Å². The van der Waals surface area contributed by atoms with Gasteiger partial charge in [0.05, 0.1) is 11.0 Å². The molecule has 23 heavy (non-hydrogen) atoms. The van der Waals surface area contributed by atoms with E-state index in [1.54, 1.807) is 6.21 Å². The van der Waals surface area contributed by atoms with Gasteiger partial charge in [0.1, 0.15) is 7.05 Å². The van der Waals surface area contributed by atoms with Crippen molar-refractivity contribution in [2.75, 3.05) is 0 Å². The standard InChI is InChI=1S/C14H12N4.BF4/c1-18-8-6-11(7-9-18)10-15-14-16-12-4-2-3-5-13(12)17-14;2-1(3,4)5/h2-10H,1H3;/q;-1/p+1. The lowest BCUT2D eigenvalue weighted by Crippen LogP contribution is -2.25. The first kappa shape index (κ1) is 16.7. The maximum absolute atomic E-state index is 9.75. The third-order valence-corrected chi connectivity index (χ3v) is 2.72. The second-order valence-corrected chi connectivity index (χ2v) is 4.63. The van der Waals surface area contributed by atoms with Gasteiger partial charge in [-0.05, 0) is 12.1 Å². The topological polar surface area (TPSA) is 44.9 Å². The molecule has 3 aromatic rings. The molecule has 2 aromatic heterocycles. The zero-order valence-electron chi connectivity index (χ0n) is 12.1. The first-order valence-electron chi connectivity index (χ1n) is 6.63. The third-order valence-electron chi connectivity index (χ3n) is 2.72. The molecule has 0 atom stereocenters. The second kappa shape index (κ2) is 7.04. The van der Waals surface area contributed by atoms with Gasteiger partial charge in [-0.1, -0.05) is 12.1 Å². The van der Waals surface area contributed by atoms with Crippen LogP contribution in [0.2, 0.25) is 0 Å². The molecule has 0 saturated heterocycles. The van der Waals surface area contributed by atoms with Gasteiger partial charge in [0, 0.05) is 23.9 Å². The van der Waals surface area contributed by atoms with Crippen molar-refractivity contribution in [1.29, 1.82) is 0 Å². The summed E-state index contributed by atoms with van der Waals surface area (Å²) in [5, 5.41) is 0. The number of imidazole rings is 1. The molecule has 0 bridgehead atoms. The lowest BCUT2D eigenvalue weighted by molar-refractivity contribution is -0.671. The summed E-state index contributed by atoms with van der Waals surface area (Å²) in [6.07, 6.45) is 5.78. The molecular formula is C14H13BF4N4. The summed E-state index contributed by atoms with van der Waals surface area (Å²) in [6.45, 7) is 0. The number of aryl methyl sites for hydroxylation is 1. The number of nitrogens with one attached hydrogen (secondary N) is 1. The van der Waals surface area contributed by atoms with Crippen LogP contribution in [-0.4, -0.2) is 23.4 Å². The van der Waals surface area contributed by atoms with E-state index < -0.39 is 7.25 Å². The van der Waals surface area contributed by atoms with Gasteiger partial charge in [-0.3, -0.25) is 0 Å². The maximum atomic E-state index is 9.75. The van der Waals surface area contributed by atoms with E-state index in [0.29, 0.717) is 5.95 Å². The van der Waals surface area contributed by atoms with Crippen molar-refractivity contribution in [3.8, 4) is 0 Å². The van der Waals surface area contributed by atoms with Crippen LogP contribution >= 0.6 is 0 Å². The van der Waals surface area contributed by atoms with Gasteiger partial charge < -0.3 is 22.2 Å². The van der Waals surface area contributed by atoms with Crippen LogP contribution in [0.5, 0.6) is 0 Å². The molecule has 0 unspecified atom stereocenters. The highest BCUT2D eigenvalue weighted by atomic mass is 19.5. The molecule has 1 N–H and O–H groups in total. The third kappa shape index (κ3) is 5.89. The first-order valence-corrected chi connectivity index (χ1v) is 6.63. The van der Waals surface area contributed by atoms with Crippen LogP contribution in [0.1, 0.15) is 5.56 Å². The Balaban J connectivity index is 0.000000338. The highest BCUT2D eigenvalue weighted by Gasteiger charge is 2.20. The van der Waals surface area contributed by atoms with E-state index in [9.17, 15) is 17.3 Å². The van der Waals surface area contributed by atoms with Crippen molar-refractivity contribution in [2.45, 2.75) is 0 Å². The minimum absolute atomic E-state index is 0.629. The summed E-state index contributed by atoms with van der Waals surface area (Å²) < 4.78 is 41.0. The van der Waals surface area contributed by atoms with E-state index in [1.807, 2.05) is 60.4 Å². The number of rotatable bonds is 2. The molecule has 1 aromatic carbocycles. The zero-order chi connectivity index (χ0) is 16.9. The predicted octanol–water partition coefficient (Wildman–Crippen LogP) is 3.44. The fourth-order valence-corrected chi connectivity index (χ4v) is 1.73. The van der Waals surface area contributed by atoms with E-state index in [1.165, 1.54) is 0 Å². The number of benzene rings is 1. The zero-order valence-corrected chi connectivity index (χ0v) is 12.1. The van der Waals surface area contributed by atoms with Crippen LogP contribution in [0.25, 0.3) is 11.0 Å².